The summed E-state index contributed by atoms with van der Waals surface area (Å²) in [6.07, 6.45) is 0. The quantitative estimate of drug-likeness (QED) is 0.837. The molecule has 1 aromatic carbocycles. The molecule has 0 radical (unpaired) electrons. The van der Waals surface area contributed by atoms with Gasteiger partial charge in [0.25, 0.3) is 0 Å². The van der Waals surface area contributed by atoms with Crippen LogP contribution in [0.2, 0.25) is 5.02 Å². The maximum Gasteiger partial charge on any atom is 0.240 e. The molecule has 0 bridgehead atoms. The van der Waals surface area contributed by atoms with Gasteiger partial charge in [0, 0.05) is 30.2 Å². The summed E-state index contributed by atoms with van der Waals surface area (Å²) in [5.41, 5.74) is 0.0795. The largest absolute Gasteiger partial charge is 0.507 e. The zero-order valence-corrected chi connectivity index (χ0v) is 13.1. The second-order valence-corrected chi connectivity index (χ2v) is 6.19. The number of aromatic hydroxyl groups is 1. The monoisotopic (exact) mass is 310 g/mol. The third kappa shape index (κ3) is 3.04. The molecule has 0 aromatic heterocycles. The molecular weight excluding hydrogens is 292 g/mol. The van der Waals surface area contributed by atoms with E-state index in [9.17, 15) is 14.7 Å². The number of halogens is 1. The Morgan fingerprint density at radius 1 is 1.48 bits per heavy atom. The van der Waals surface area contributed by atoms with E-state index in [1.165, 1.54) is 13.0 Å². The summed E-state index contributed by atoms with van der Waals surface area (Å²) in [6.45, 7) is 6.62. The molecule has 0 saturated carbocycles. The van der Waals surface area contributed by atoms with E-state index in [0.29, 0.717) is 30.2 Å². The summed E-state index contributed by atoms with van der Waals surface area (Å²) in [5, 5.41) is 13.5. The van der Waals surface area contributed by atoms with Gasteiger partial charge in [0.15, 0.2) is 5.78 Å². The van der Waals surface area contributed by atoms with Crippen LogP contribution in [0.5, 0.6) is 5.75 Å². The minimum Gasteiger partial charge on any atom is -0.507 e. The lowest BCUT2D eigenvalue weighted by Gasteiger charge is -2.41. The summed E-state index contributed by atoms with van der Waals surface area (Å²) >= 11 is 6.02. The second kappa shape index (κ2) is 5.66. The molecule has 1 heterocycles. The minimum atomic E-state index is -0.677. The summed E-state index contributed by atoms with van der Waals surface area (Å²) in [7, 11) is 0. The van der Waals surface area contributed by atoms with E-state index >= 15 is 0 Å². The van der Waals surface area contributed by atoms with Crippen LogP contribution in [0.15, 0.2) is 12.1 Å². The fourth-order valence-electron chi connectivity index (χ4n) is 2.47. The van der Waals surface area contributed by atoms with Crippen molar-refractivity contribution in [2.45, 2.75) is 32.9 Å². The van der Waals surface area contributed by atoms with Gasteiger partial charge in [-0.2, -0.15) is 0 Å². The molecule has 1 aliphatic rings. The Hall–Kier alpha value is -1.59. The lowest BCUT2D eigenvalue weighted by molar-refractivity contribution is -0.135. The average molecular weight is 311 g/mol. The molecule has 0 atom stereocenters. The predicted molar refractivity (Wildman–Crippen MR) is 80.6 cm³/mol. The average Bonchev–Trinajstić information content (AvgIpc) is 2.38. The van der Waals surface area contributed by atoms with Gasteiger partial charge in [-0.25, -0.2) is 0 Å². The summed E-state index contributed by atoms with van der Waals surface area (Å²) in [4.78, 5) is 25.5. The van der Waals surface area contributed by atoms with Gasteiger partial charge < -0.3 is 10.4 Å². The first-order chi connectivity index (χ1) is 9.73. The van der Waals surface area contributed by atoms with Gasteiger partial charge in [0.2, 0.25) is 5.91 Å². The Morgan fingerprint density at radius 2 is 2.14 bits per heavy atom. The zero-order chi connectivity index (χ0) is 15.8. The van der Waals surface area contributed by atoms with E-state index in [0.717, 1.165) is 0 Å². The summed E-state index contributed by atoms with van der Waals surface area (Å²) in [6, 6.07) is 3.09. The van der Waals surface area contributed by atoms with Gasteiger partial charge in [0.1, 0.15) is 5.75 Å². The molecule has 2 N–H and O–H groups in total. The van der Waals surface area contributed by atoms with Crippen LogP contribution < -0.4 is 5.32 Å². The van der Waals surface area contributed by atoms with Crippen LogP contribution in [0.1, 0.15) is 36.7 Å². The molecular formula is C15H19ClN2O3. The molecule has 1 amide bonds. The number of benzene rings is 1. The van der Waals surface area contributed by atoms with Crippen LogP contribution in [0.4, 0.5) is 0 Å². The maximum absolute atomic E-state index is 11.9. The summed E-state index contributed by atoms with van der Waals surface area (Å²) in [5.74, 6) is -0.359. The van der Waals surface area contributed by atoms with Crippen molar-refractivity contribution in [2.75, 3.05) is 13.1 Å². The van der Waals surface area contributed by atoms with E-state index in [1.54, 1.807) is 6.07 Å². The number of rotatable bonds is 3. The van der Waals surface area contributed by atoms with Gasteiger partial charge in [0.05, 0.1) is 11.1 Å². The number of hydrogen-bond acceptors (Lipinski definition) is 4. The zero-order valence-electron chi connectivity index (χ0n) is 12.4. The molecule has 1 fully saturated rings. The molecule has 1 saturated heterocycles. The Labute approximate surface area is 128 Å². The van der Waals surface area contributed by atoms with Gasteiger partial charge in [-0.3, -0.25) is 14.5 Å². The van der Waals surface area contributed by atoms with E-state index in [2.05, 4.69) is 5.32 Å². The van der Waals surface area contributed by atoms with Crippen molar-refractivity contribution in [1.82, 2.24) is 10.2 Å². The van der Waals surface area contributed by atoms with E-state index in [4.69, 9.17) is 11.6 Å². The van der Waals surface area contributed by atoms with Crippen molar-refractivity contribution in [3.8, 4) is 5.75 Å². The van der Waals surface area contributed by atoms with Crippen molar-refractivity contribution < 1.29 is 14.7 Å². The number of phenols is 1. The number of ketones is 1. The van der Waals surface area contributed by atoms with Crippen LogP contribution in [-0.4, -0.2) is 40.3 Å². The van der Waals surface area contributed by atoms with Gasteiger partial charge >= 0.3 is 0 Å². The first kappa shape index (κ1) is 15.8. The van der Waals surface area contributed by atoms with Gasteiger partial charge in [-0.15, -0.1) is 0 Å². The van der Waals surface area contributed by atoms with Crippen molar-refractivity contribution in [3.05, 3.63) is 28.3 Å². The van der Waals surface area contributed by atoms with Crippen LogP contribution in [0.25, 0.3) is 0 Å². The molecule has 1 aliphatic heterocycles. The Morgan fingerprint density at radius 3 is 2.76 bits per heavy atom. The van der Waals surface area contributed by atoms with Crippen LogP contribution in [-0.2, 0) is 11.3 Å². The number of phenolic OH excluding ortho intramolecular Hbond substituents is 1. The number of carbonyl (C=O) groups is 2. The van der Waals surface area contributed by atoms with E-state index in [-0.39, 0.29) is 23.0 Å². The Balaban J connectivity index is 2.35. The maximum atomic E-state index is 11.9. The third-order valence-electron chi connectivity index (χ3n) is 3.91. The highest BCUT2D eigenvalue weighted by Crippen LogP contribution is 2.31. The minimum absolute atomic E-state index is 0.0536. The number of nitrogens with one attached hydrogen (secondary N) is 1. The van der Waals surface area contributed by atoms with Gasteiger partial charge in [-0.05, 0) is 32.9 Å². The first-order valence-corrected chi connectivity index (χ1v) is 7.17. The number of amides is 1. The number of nitrogens with zero attached hydrogens (tertiary/aromatic N) is 1. The van der Waals surface area contributed by atoms with Crippen molar-refractivity contribution in [1.29, 1.82) is 0 Å². The Bertz CT molecular complexity index is 599. The third-order valence-corrected chi connectivity index (χ3v) is 4.13. The fraction of sp³-hybridized carbons (Fsp3) is 0.467. The van der Waals surface area contributed by atoms with Crippen molar-refractivity contribution >= 4 is 23.3 Å². The van der Waals surface area contributed by atoms with Crippen LogP contribution >= 0.6 is 11.6 Å². The standard InChI is InChI=1S/C15H19ClN2O3/c1-9(19)12-7-11(16)6-10(13(12)20)8-18-5-4-17-14(21)15(18,2)3/h6-7,20H,4-5,8H2,1-3H3,(H,17,21). The molecule has 0 spiro atoms. The lowest BCUT2D eigenvalue weighted by atomic mass is 9.97. The molecule has 0 unspecified atom stereocenters. The highest BCUT2D eigenvalue weighted by molar-refractivity contribution is 6.31. The van der Waals surface area contributed by atoms with Crippen LogP contribution in [0.3, 0.4) is 0 Å². The highest BCUT2D eigenvalue weighted by atomic mass is 35.5. The molecule has 114 valence electrons. The van der Waals surface area contributed by atoms with E-state index < -0.39 is 5.54 Å². The predicted octanol–water partition coefficient (Wildman–Crippen LogP) is 1.96. The van der Waals surface area contributed by atoms with Gasteiger partial charge in [-0.1, -0.05) is 11.6 Å². The number of Topliss-reactive ketones (excluding diaryl/α,β-unsaturated/α-hetero) is 1. The number of carbonyl (C=O) groups excluding carboxylic acids is 2. The molecule has 2 rings (SSSR count). The van der Waals surface area contributed by atoms with E-state index in [1.807, 2.05) is 18.7 Å². The molecule has 1 aromatic rings. The lowest BCUT2D eigenvalue weighted by Crippen LogP contribution is -2.61. The van der Waals surface area contributed by atoms with Crippen molar-refractivity contribution in [3.63, 3.8) is 0 Å². The summed E-state index contributed by atoms with van der Waals surface area (Å²) < 4.78 is 0. The molecule has 6 heteroatoms. The van der Waals surface area contributed by atoms with Crippen LogP contribution in [0, 0.1) is 0 Å². The second-order valence-electron chi connectivity index (χ2n) is 5.75. The SMILES string of the molecule is CC(=O)c1cc(Cl)cc(CN2CCNC(=O)C2(C)C)c1O. The molecule has 5 nitrogen and oxygen atoms in total. The van der Waals surface area contributed by atoms with Crippen molar-refractivity contribution in [2.24, 2.45) is 0 Å². The molecule has 21 heavy (non-hydrogen) atoms. The smallest absolute Gasteiger partial charge is 0.240 e. The highest BCUT2D eigenvalue weighted by Gasteiger charge is 2.37. The molecule has 0 aliphatic carbocycles. The Kier molecular flexibility index (Phi) is 4.25. The topological polar surface area (TPSA) is 69.6 Å². The number of piperazine rings is 1. The fourth-order valence-corrected chi connectivity index (χ4v) is 2.71. The normalized spacial score (nSPS) is 18.4. The first-order valence-electron chi connectivity index (χ1n) is 6.79. The number of hydrogen-bond donors (Lipinski definition) is 2.